The van der Waals surface area contributed by atoms with Gasteiger partial charge in [-0.1, -0.05) is 19.2 Å². The first-order valence-corrected chi connectivity index (χ1v) is 2.96. The van der Waals surface area contributed by atoms with Gasteiger partial charge in [-0.2, -0.15) is 0 Å². The lowest BCUT2D eigenvalue weighted by Gasteiger charge is -1.99. The first-order valence-electron chi connectivity index (χ1n) is 2.96. The normalized spacial score (nSPS) is 10.3. The Labute approximate surface area is 60.9 Å². The van der Waals surface area contributed by atoms with Crippen molar-refractivity contribution >= 4 is 5.91 Å². The number of carbonyl (C=O) groups is 1. The molecule has 10 heavy (non-hydrogen) atoms. The lowest BCUT2D eigenvalue weighted by molar-refractivity contribution is -0.115. The number of carbonyl (C=O) groups excluding carboxylic acids is 1. The minimum Gasteiger partial charge on any atom is -0.323 e. The molecule has 0 heterocycles. The summed E-state index contributed by atoms with van der Waals surface area (Å²) in [6.45, 7) is 8.63. The Morgan fingerprint density at radius 2 is 2.00 bits per heavy atom. The predicted molar refractivity (Wildman–Crippen MR) is 42.3 cm³/mol. The van der Waals surface area contributed by atoms with Gasteiger partial charge in [0.05, 0.1) is 0 Å². The highest BCUT2D eigenvalue weighted by atomic mass is 16.1. The second kappa shape index (κ2) is 4.56. The molecule has 0 saturated heterocycles. The van der Waals surface area contributed by atoms with Crippen LogP contribution < -0.4 is 5.32 Å². The number of allylic oxidation sites excluding steroid dienone is 2. The van der Waals surface area contributed by atoms with Crippen LogP contribution in [0.1, 0.15) is 6.92 Å². The predicted octanol–water partition coefficient (Wildman–Crippen LogP) is 1.38. The molecular weight excluding hydrogens is 126 g/mol. The smallest absolute Gasteiger partial charge is 0.247 e. The van der Waals surface area contributed by atoms with Crippen LogP contribution in [0.4, 0.5) is 0 Å². The second-order valence-electron chi connectivity index (χ2n) is 1.64. The van der Waals surface area contributed by atoms with Crippen molar-refractivity contribution in [3.8, 4) is 0 Å². The lowest BCUT2D eigenvalue weighted by atomic mass is 10.4. The summed E-state index contributed by atoms with van der Waals surface area (Å²) in [5, 5.41) is 2.55. The van der Waals surface area contributed by atoms with Crippen molar-refractivity contribution in [2.45, 2.75) is 6.92 Å². The molecule has 0 aliphatic rings. The highest BCUT2D eigenvalue weighted by Gasteiger charge is 1.92. The van der Waals surface area contributed by atoms with E-state index in [1.807, 2.05) is 6.92 Å². The zero-order chi connectivity index (χ0) is 7.98. The van der Waals surface area contributed by atoms with E-state index < -0.39 is 0 Å². The molecule has 0 aliphatic carbocycles. The molecule has 1 N–H and O–H groups in total. The Hall–Kier alpha value is -1.31. The molecule has 0 radical (unpaired) electrons. The topological polar surface area (TPSA) is 29.1 Å². The Balaban J connectivity index is 3.99. The van der Waals surface area contributed by atoms with E-state index in [9.17, 15) is 4.79 Å². The molecule has 0 fully saturated rings. The highest BCUT2D eigenvalue weighted by Crippen LogP contribution is 1.88. The van der Waals surface area contributed by atoms with E-state index in [2.05, 4.69) is 18.5 Å². The average Bonchev–Trinajstić information content (AvgIpc) is 1.99. The lowest BCUT2D eigenvalue weighted by Crippen LogP contribution is -2.18. The fraction of sp³-hybridized carbons (Fsp3) is 0.125. The van der Waals surface area contributed by atoms with Crippen LogP contribution >= 0.6 is 0 Å². The van der Waals surface area contributed by atoms with Crippen LogP contribution in [0.3, 0.4) is 0 Å². The van der Waals surface area contributed by atoms with Crippen molar-refractivity contribution in [2.75, 3.05) is 0 Å². The van der Waals surface area contributed by atoms with E-state index in [1.54, 1.807) is 12.2 Å². The summed E-state index contributed by atoms with van der Waals surface area (Å²) < 4.78 is 0. The molecule has 0 bridgehead atoms. The summed E-state index contributed by atoms with van der Waals surface area (Å²) in [6, 6.07) is 0. The standard InChI is InChI=1S/C8H11NO/c1-4-7(5-2)9-8(10)6-3/h4-6H,1,3H2,2H3,(H,9,10)/b7-5+. The van der Waals surface area contributed by atoms with E-state index in [-0.39, 0.29) is 5.91 Å². The third kappa shape index (κ3) is 2.87. The van der Waals surface area contributed by atoms with E-state index in [4.69, 9.17) is 0 Å². The Bertz CT molecular complexity index is 180. The highest BCUT2D eigenvalue weighted by molar-refractivity contribution is 5.88. The van der Waals surface area contributed by atoms with Crippen LogP contribution in [0.2, 0.25) is 0 Å². The molecule has 1 amide bonds. The molecule has 2 heteroatoms. The minimum atomic E-state index is -0.215. The zero-order valence-corrected chi connectivity index (χ0v) is 6.05. The molecule has 0 aromatic heterocycles. The summed E-state index contributed by atoms with van der Waals surface area (Å²) in [5.74, 6) is -0.215. The van der Waals surface area contributed by atoms with Crippen LogP contribution in [0, 0.1) is 0 Å². The first-order chi connectivity index (χ1) is 4.74. The van der Waals surface area contributed by atoms with Gasteiger partial charge in [-0.25, -0.2) is 0 Å². The van der Waals surface area contributed by atoms with Crippen molar-refractivity contribution < 1.29 is 4.79 Å². The van der Waals surface area contributed by atoms with Gasteiger partial charge in [0.15, 0.2) is 0 Å². The number of hydrogen-bond acceptors (Lipinski definition) is 1. The third-order valence-corrected chi connectivity index (χ3v) is 0.984. The van der Waals surface area contributed by atoms with Crippen molar-refractivity contribution in [2.24, 2.45) is 0 Å². The van der Waals surface area contributed by atoms with Crippen LogP contribution in [0.15, 0.2) is 37.1 Å². The van der Waals surface area contributed by atoms with Gasteiger partial charge in [0, 0.05) is 5.70 Å². The van der Waals surface area contributed by atoms with E-state index in [1.165, 1.54) is 6.08 Å². The van der Waals surface area contributed by atoms with Gasteiger partial charge in [-0.3, -0.25) is 4.79 Å². The van der Waals surface area contributed by atoms with Gasteiger partial charge < -0.3 is 5.32 Å². The van der Waals surface area contributed by atoms with Gasteiger partial charge in [0.2, 0.25) is 5.91 Å². The van der Waals surface area contributed by atoms with Crippen LogP contribution in [0.25, 0.3) is 0 Å². The van der Waals surface area contributed by atoms with Crippen molar-refractivity contribution in [1.82, 2.24) is 5.32 Å². The SMILES string of the molecule is C=CC(=O)N/C(C=C)=C/C. The summed E-state index contributed by atoms with van der Waals surface area (Å²) in [6.07, 6.45) is 4.54. The number of rotatable bonds is 3. The maximum atomic E-state index is 10.6. The van der Waals surface area contributed by atoms with E-state index in [0.717, 1.165) is 0 Å². The van der Waals surface area contributed by atoms with Gasteiger partial charge in [0.1, 0.15) is 0 Å². The number of hydrogen-bond donors (Lipinski definition) is 1. The summed E-state index contributed by atoms with van der Waals surface area (Å²) in [4.78, 5) is 10.6. The maximum absolute atomic E-state index is 10.6. The molecule has 0 spiro atoms. The molecule has 2 nitrogen and oxygen atoms in total. The van der Waals surface area contributed by atoms with E-state index >= 15 is 0 Å². The summed E-state index contributed by atoms with van der Waals surface area (Å²) >= 11 is 0. The Morgan fingerprint density at radius 3 is 2.30 bits per heavy atom. The molecule has 0 rings (SSSR count). The molecule has 0 aromatic rings. The first kappa shape index (κ1) is 8.69. The van der Waals surface area contributed by atoms with Crippen molar-refractivity contribution in [1.29, 1.82) is 0 Å². The molecule has 0 aromatic carbocycles. The van der Waals surface area contributed by atoms with Gasteiger partial charge in [-0.05, 0) is 19.1 Å². The van der Waals surface area contributed by atoms with Gasteiger partial charge in [0.25, 0.3) is 0 Å². The summed E-state index contributed by atoms with van der Waals surface area (Å²) in [5.41, 5.74) is 0.699. The fourth-order valence-corrected chi connectivity index (χ4v) is 0.434. The summed E-state index contributed by atoms with van der Waals surface area (Å²) in [7, 11) is 0. The Morgan fingerprint density at radius 1 is 1.40 bits per heavy atom. The maximum Gasteiger partial charge on any atom is 0.247 e. The molecule has 0 saturated carbocycles. The monoisotopic (exact) mass is 137 g/mol. The zero-order valence-electron chi connectivity index (χ0n) is 6.05. The second-order valence-corrected chi connectivity index (χ2v) is 1.64. The van der Waals surface area contributed by atoms with Crippen LogP contribution in [-0.2, 0) is 4.79 Å². The Kier molecular flexibility index (Phi) is 3.96. The molecule has 0 unspecified atom stereocenters. The van der Waals surface area contributed by atoms with Gasteiger partial charge >= 0.3 is 0 Å². The van der Waals surface area contributed by atoms with Gasteiger partial charge in [-0.15, -0.1) is 0 Å². The van der Waals surface area contributed by atoms with Crippen LogP contribution in [-0.4, -0.2) is 5.91 Å². The molecule has 54 valence electrons. The molecule has 0 aliphatic heterocycles. The van der Waals surface area contributed by atoms with Crippen LogP contribution in [0.5, 0.6) is 0 Å². The number of amides is 1. The molecule has 0 atom stereocenters. The average molecular weight is 137 g/mol. The van der Waals surface area contributed by atoms with Crippen molar-refractivity contribution in [3.05, 3.63) is 37.1 Å². The number of nitrogens with one attached hydrogen (secondary N) is 1. The minimum absolute atomic E-state index is 0.215. The van der Waals surface area contributed by atoms with E-state index in [0.29, 0.717) is 5.70 Å². The third-order valence-electron chi connectivity index (χ3n) is 0.984. The quantitative estimate of drug-likeness (QED) is 0.462. The fourth-order valence-electron chi connectivity index (χ4n) is 0.434. The molecular formula is C8H11NO. The van der Waals surface area contributed by atoms with Crippen molar-refractivity contribution in [3.63, 3.8) is 0 Å². The largest absolute Gasteiger partial charge is 0.323 e.